The third kappa shape index (κ3) is 5.73. The molecular weight excluding hydrogens is 144 g/mol. The summed E-state index contributed by atoms with van der Waals surface area (Å²) in [5, 5.41) is 0. The Labute approximate surface area is 66.7 Å². The molecule has 1 unspecified atom stereocenters. The second kappa shape index (κ2) is 7.41. The summed E-state index contributed by atoms with van der Waals surface area (Å²) in [6.45, 7) is 2.32. The van der Waals surface area contributed by atoms with Crippen molar-refractivity contribution in [2.45, 2.75) is 32.3 Å². The van der Waals surface area contributed by atoms with Crippen molar-refractivity contribution in [1.82, 2.24) is 0 Å². The monoisotopic (exact) mass is 156 g/mol. The molecule has 0 fully saturated rings. The Kier molecular flexibility index (Phi) is 6.94. The van der Waals surface area contributed by atoms with Crippen LogP contribution in [0.5, 0.6) is 0 Å². The van der Waals surface area contributed by atoms with Gasteiger partial charge in [-0.3, -0.25) is 9.59 Å². The fraction of sp³-hybridized carbons (Fsp3) is 0.750. The molecule has 11 heavy (non-hydrogen) atoms. The number of rotatable bonds is 7. The van der Waals surface area contributed by atoms with E-state index in [1.165, 1.54) is 0 Å². The molecule has 3 nitrogen and oxygen atoms in total. The van der Waals surface area contributed by atoms with Gasteiger partial charge < -0.3 is 4.74 Å². The SMILES string of the molecule is CCOC([C]=O)CCC[C]=O. The van der Waals surface area contributed by atoms with E-state index in [1.807, 2.05) is 6.92 Å². The van der Waals surface area contributed by atoms with Crippen molar-refractivity contribution >= 4 is 12.6 Å². The van der Waals surface area contributed by atoms with E-state index < -0.39 is 6.10 Å². The second-order valence-electron chi connectivity index (χ2n) is 2.10. The molecule has 0 saturated heterocycles. The maximum absolute atomic E-state index is 10.1. The standard InChI is InChI=1S/C8H12O3/c1-2-11-8(7-10)5-3-4-6-9/h8H,2-5H2,1H3. The van der Waals surface area contributed by atoms with Gasteiger partial charge in [0.1, 0.15) is 6.10 Å². The second-order valence-corrected chi connectivity index (χ2v) is 2.10. The maximum atomic E-state index is 10.1. The molecule has 0 bridgehead atoms. The molecule has 0 amide bonds. The zero-order valence-corrected chi connectivity index (χ0v) is 6.63. The molecule has 0 aromatic heterocycles. The lowest BCUT2D eigenvalue weighted by molar-refractivity contribution is 0.1000. The summed E-state index contributed by atoms with van der Waals surface area (Å²) in [5.74, 6) is 0. The van der Waals surface area contributed by atoms with Gasteiger partial charge in [0.05, 0.1) is 0 Å². The number of carbonyl (C=O) groups excluding carboxylic acids is 2. The zero-order chi connectivity index (χ0) is 8.53. The van der Waals surface area contributed by atoms with Gasteiger partial charge in [0.2, 0.25) is 6.29 Å². The van der Waals surface area contributed by atoms with Gasteiger partial charge in [-0.15, -0.1) is 0 Å². The lowest BCUT2D eigenvalue weighted by Crippen LogP contribution is -2.13. The van der Waals surface area contributed by atoms with Crippen LogP contribution in [0, 0.1) is 0 Å². The first-order chi connectivity index (χ1) is 5.35. The zero-order valence-electron chi connectivity index (χ0n) is 6.63. The molecule has 2 radical (unpaired) electrons. The fourth-order valence-corrected chi connectivity index (χ4v) is 0.737. The first-order valence-corrected chi connectivity index (χ1v) is 3.69. The third-order valence-corrected chi connectivity index (χ3v) is 1.24. The summed E-state index contributed by atoms with van der Waals surface area (Å²) in [6.07, 6.45) is 4.62. The summed E-state index contributed by atoms with van der Waals surface area (Å²) in [6, 6.07) is 0. The molecule has 0 N–H and O–H groups in total. The first-order valence-electron chi connectivity index (χ1n) is 3.69. The Morgan fingerprint density at radius 2 is 2.18 bits per heavy atom. The molecule has 62 valence electrons. The first kappa shape index (κ1) is 10.3. The minimum Gasteiger partial charge on any atom is -0.370 e. The predicted octanol–water partition coefficient (Wildman–Crippen LogP) is 0.781. The fourth-order valence-electron chi connectivity index (χ4n) is 0.737. The van der Waals surface area contributed by atoms with E-state index in [1.54, 1.807) is 12.6 Å². The Morgan fingerprint density at radius 3 is 2.64 bits per heavy atom. The molecule has 0 rings (SSSR count). The quantitative estimate of drug-likeness (QED) is 0.511. The van der Waals surface area contributed by atoms with Crippen molar-refractivity contribution in [3.63, 3.8) is 0 Å². The van der Waals surface area contributed by atoms with Crippen LogP contribution in [-0.2, 0) is 14.3 Å². The lowest BCUT2D eigenvalue weighted by Gasteiger charge is -2.06. The van der Waals surface area contributed by atoms with Crippen LogP contribution in [0.3, 0.4) is 0 Å². The number of ether oxygens (including phenoxy) is 1. The smallest absolute Gasteiger partial charge is 0.229 e. The lowest BCUT2D eigenvalue weighted by atomic mass is 10.2. The summed E-state index contributed by atoms with van der Waals surface area (Å²) in [5.41, 5.74) is 0. The van der Waals surface area contributed by atoms with Crippen LogP contribution in [-0.4, -0.2) is 25.3 Å². The van der Waals surface area contributed by atoms with Crippen molar-refractivity contribution in [2.75, 3.05) is 6.61 Å². The van der Waals surface area contributed by atoms with Crippen LogP contribution in [0.25, 0.3) is 0 Å². The van der Waals surface area contributed by atoms with E-state index in [-0.39, 0.29) is 0 Å². The van der Waals surface area contributed by atoms with Gasteiger partial charge in [-0.2, -0.15) is 0 Å². The molecule has 0 spiro atoms. The Balaban J connectivity index is 3.34. The highest BCUT2D eigenvalue weighted by Gasteiger charge is 2.06. The van der Waals surface area contributed by atoms with Crippen LogP contribution >= 0.6 is 0 Å². The average Bonchev–Trinajstić information content (AvgIpc) is 2.03. The van der Waals surface area contributed by atoms with E-state index in [0.29, 0.717) is 25.9 Å². The highest BCUT2D eigenvalue weighted by molar-refractivity contribution is 5.57. The minimum absolute atomic E-state index is 0.366. The van der Waals surface area contributed by atoms with Crippen molar-refractivity contribution in [2.24, 2.45) is 0 Å². The molecular formula is C8H12O3. The van der Waals surface area contributed by atoms with Crippen LogP contribution in [0.1, 0.15) is 26.2 Å². The maximum Gasteiger partial charge on any atom is 0.229 e. The normalized spacial score (nSPS) is 12.5. The van der Waals surface area contributed by atoms with Gasteiger partial charge in [-0.05, 0) is 19.8 Å². The Bertz CT molecular complexity index is 112. The highest BCUT2D eigenvalue weighted by atomic mass is 16.5. The summed E-state index contributed by atoms with van der Waals surface area (Å²) in [7, 11) is 0. The van der Waals surface area contributed by atoms with Gasteiger partial charge in [-0.25, -0.2) is 0 Å². The molecule has 0 saturated carbocycles. The molecule has 0 heterocycles. The number of hydrogen-bond acceptors (Lipinski definition) is 3. The van der Waals surface area contributed by atoms with Crippen molar-refractivity contribution < 1.29 is 14.3 Å². The Morgan fingerprint density at radius 1 is 1.45 bits per heavy atom. The molecule has 0 aliphatic carbocycles. The topological polar surface area (TPSA) is 43.4 Å². The van der Waals surface area contributed by atoms with Gasteiger partial charge in [0, 0.05) is 13.0 Å². The highest BCUT2D eigenvalue weighted by Crippen LogP contribution is 2.01. The molecule has 0 aliphatic rings. The van der Waals surface area contributed by atoms with E-state index in [9.17, 15) is 9.59 Å². The largest absolute Gasteiger partial charge is 0.370 e. The van der Waals surface area contributed by atoms with Crippen LogP contribution in [0.2, 0.25) is 0 Å². The van der Waals surface area contributed by atoms with E-state index in [4.69, 9.17) is 4.74 Å². The van der Waals surface area contributed by atoms with Crippen LogP contribution in [0.4, 0.5) is 0 Å². The summed E-state index contributed by atoms with van der Waals surface area (Å²) >= 11 is 0. The van der Waals surface area contributed by atoms with Crippen LogP contribution < -0.4 is 0 Å². The van der Waals surface area contributed by atoms with Gasteiger partial charge >= 0.3 is 0 Å². The molecule has 3 heteroatoms. The van der Waals surface area contributed by atoms with Crippen molar-refractivity contribution in [1.29, 1.82) is 0 Å². The predicted molar refractivity (Wildman–Crippen MR) is 40.7 cm³/mol. The van der Waals surface area contributed by atoms with Gasteiger partial charge in [-0.1, -0.05) is 0 Å². The summed E-state index contributed by atoms with van der Waals surface area (Å²) in [4.78, 5) is 19.9. The molecule has 0 aromatic rings. The molecule has 0 aromatic carbocycles. The van der Waals surface area contributed by atoms with Crippen molar-refractivity contribution in [3.05, 3.63) is 0 Å². The number of hydrogen-bond donors (Lipinski definition) is 0. The third-order valence-electron chi connectivity index (χ3n) is 1.24. The average molecular weight is 156 g/mol. The summed E-state index contributed by atoms with van der Waals surface area (Å²) < 4.78 is 4.98. The molecule has 1 atom stereocenters. The van der Waals surface area contributed by atoms with Crippen molar-refractivity contribution in [3.8, 4) is 0 Å². The van der Waals surface area contributed by atoms with E-state index in [2.05, 4.69) is 0 Å². The van der Waals surface area contributed by atoms with Gasteiger partial charge in [0.15, 0.2) is 6.29 Å². The minimum atomic E-state index is -0.464. The Hall–Kier alpha value is -0.700. The van der Waals surface area contributed by atoms with E-state index >= 15 is 0 Å². The van der Waals surface area contributed by atoms with Gasteiger partial charge in [0.25, 0.3) is 0 Å². The van der Waals surface area contributed by atoms with Crippen LogP contribution in [0.15, 0.2) is 0 Å². The molecule has 0 aliphatic heterocycles. The number of unbranched alkanes of at least 4 members (excludes halogenated alkanes) is 1. The van der Waals surface area contributed by atoms with E-state index in [0.717, 1.165) is 0 Å².